The molecule has 0 radical (unpaired) electrons. The van der Waals surface area contributed by atoms with Crippen molar-refractivity contribution in [1.29, 1.82) is 0 Å². The van der Waals surface area contributed by atoms with Crippen LogP contribution in [0.15, 0.2) is 29.3 Å². The number of hydrogen-bond acceptors (Lipinski definition) is 10. The lowest BCUT2D eigenvalue weighted by atomic mass is 10.0. The van der Waals surface area contributed by atoms with E-state index < -0.39 is 11.7 Å². The van der Waals surface area contributed by atoms with Gasteiger partial charge >= 0.3 is 6.18 Å². The number of amides is 1. The highest BCUT2D eigenvalue weighted by atomic mass is 32.2. The lowest BCUT2D eigenvalue weighted by Crippen LogP contribution is -2.52. The fourth-order valence-corrected chi connectivity index (χ4v) is 8.35. The highest BCUT2D eigenvalue weighted by Gasteiger charge is 2.39. The number of alkyl halides is 3. The second kappa shape index (κ2) is 11.7. The molecule has 2 saturated heterocycles. The first-order valence-corrected chi connectivity index (χ1v) is 16.6. The quantitative estimate of drug-likeness (QED) is 0.341. The van der Waals surface area contributed by atoms with E-state index >= 15 is 0 Å². The molecule has 4 aliphatic rings. The monoisotopic (exact) mass is 646 g/mol. The summed E-state index contributed by atoms with van der Waals surface area (Å²) in [6.45, 7) is 6.24. The van der Waals surface area contributed by atoms with Crippen LogP contribution in [0.25, 0.3) is 10.6 Å². The summed E-state index contributed by atoms with van der Waals surface area (Å²) in [6.07, 6.45) is -1.84. The van der Waals surface area contributed by atoms with E-state index in [0.29, 0.717) is 47.0 Å². The number of thioether (sulfide) groups is 1. The average molecular weight is 647 g/mol. The van der Waals surface area contributed by atoms with E-state index in [0.717, 1.165) is 67.0 Å². The molecular formula is C30H33F3N6O3S2. The van der Waals surface area contributed by atoms with Crippen LogP contribution in [0.3, 0.4) is 0 Å². The summed E-state index contributed by atoms with van der Waals surface area (Å²) >= 11 is 2.53. The van der Waals surface area contributed by atoms with Crippen molar-refractivity contribution in [3.05, 3.63) is 40.4 Å². The largest absolute Gasteiger partial charge is 0.494 e. The van der Waals surface area contributed by atoms with E-state index in [4.69, 9.17) is 9.47 Å². The van der Waals surface area contributed by atoms with Crippen molar-refractivity contribution in [2.75, 3.05) is 62.5 Å². The van der Waals surface area contributed by atoms with Gasteiger partial charge in [0.25, 0.3) is 5.91 Å². The molecular weight excluding hydrogens is 613 g/mol. The van der Waals surface area contributed by atoms with Crippen molar-refractivity contribution in [1.82, 2.24) is 20.2 Å². The number of thiophene rings is 1. The molecule has 3 aromatic rings. The first kappa shape index (κ1) is 29.6. The van der Waals surface area contributed by atoms with E-state index in [1.54, 1.807) is 18.1 Å². The number of benzene rings is 1. The van der Waals surface area contributed by atoms with Crippen molar-refractivity contribution >= 4 is 46.3 Å². The Morgan fingerprint density at radius 2 is 2.02 bits per heavy atom. The zero-order chi connectivity index (χ0) is 30.6. The summed E-state index contributed by atoms with van der Waals surface area (Å²) in [5.74, 6) is 1.59. The smallest absolute Gasteiger partial charge is 0.420 e. The molecule has 1 aliphatic carbocycles. The zero-order valence-corrected chi connectivity index (χ0v) is 26.0. The van der Waals surface area contributed by atoms with E-state index in [1.807, 2.05) is 12.1 Å². The van der Waals surface area contributed by atoms with Crippen LogP contribution in [0.4, 0.5) is 30.5 Å². The van der Waals surface area contributed by atoms with Crippen LogP contribution in [-0.4, -0.2) is 85.1 Å². The van der Waals surface area contributed by atoms with Gasteiger partial charge in [-0.25, -0.2) is 9.97 Å². The molecule has 2 aromatic heterocycles. The van der Waals surface area contributed by atoms with Crippen LogP contribution in [0.1, 0.15) is 46.5 Å². The number of ether oxygens (including phenoxy) is 2. The third kappa shape index (κ3) is 5.61. The Morgan fingerprint density at radius 1 is 1.20 bits per heavy atom. The summed E-state index contributed by atoms with van der Waals surface area (Å²) in [5, 5.41) is 6.69. The van der Waals surface area contributed by atoms with Gasteiger partial charge in [0.1, 0.15) is 16.2 Å². The highest BCUT2D eigenvalue weighted by Crippen LogP contribution is 2.52. The molecule has 2 N–H and O–H groups in total. The number of methoxy groups -OCH3 is 1. The highest BCUT2D eigenvalue weighted by molar-refractivity contribution is 7.99. The van der Waals surface area contributed by atoms with Gasteiger partial charge in [-0.3, -0.25) is 4.79 Å². The number of nitrogens with one attached hydrogen (secondary N) is 2. The molecule has 9 nitrogen and oxygen atoms in total. The molecule has 1 aromatic carbocycles. The third-order valence-corrected chi connectivity index (χ3v) is 10.7. The summed E-state index contributed by atoms with van der Waals surface area (Å²) in [5.41, 5.74) is 1.53. The number of hydrogen-bond donors (Lipinski definition) is 2. The van der Waals surface area contributed by atoms with Crippen molar-refractivity contribution in [3.63, 3.8) is 0 Å². The van der Waals surface area contributed by atoms with Crippen molar-refractivity contribution < 1.29 is 27.4 Å². The molecule has 14 heteroatoms. The lowest BCUT2D eigenvalue weighted by Gasteiger charge is -2.36. The van der Waals surface area contributed by atoms with Crippen molar-refractivity contribution in [3.8, 4) is 16.3 Å². The van der Waals surface area contributed by atoms with Gasteiger partial charge in [-0.1, -0.05) is 0 Å². The van der Waals surface area contributed by atoms with Crippen molar-refractivity contribution in [2.24, 2.45) is 0 Å². The number of carbonyl (C=O) groups excluding carboxylic acids is 1. The van der Waals surface area contributed by atoms with Gasteiger partial charge in [-0.2, -0.15) is 13.2 Å². The number of anilines is 3. The molecule has 1 unspecified atom stereocenters. The molecule has 44 heavy (non-hydrogen) atoms. The maximum Gasteiger partial charge on any atom is 0.420 e. The zero-order valence-electron chi connectivity index (χ0n) is 24.4. The van der Waals surface area contributed by atoms with Crippen LogP contribution in [0.5, 0.6) is 5.75 Å². The molecule has 3 fully saturated rings. The van der Waals surface area contributed by atoms with E-state index in [9.17, 15) is 18.0 Å². The average Bonchev–Trinajstić information content (AvgIpc) is 3.74. The second-order valence-corrected chi connectivity index (χ2v) is 13.8. The number of halogens is 3. The minimum absolute atomic E-state index is 0.000729. The molecule has 5 heterocycles. The molecule has 1 amide bonds. The first-order valence-electron chi connectivity index (χ1n) is 14.8. The van der Waals surface area contributed by atoms with Gasteiger partial charge in [0.05, 0.1) is 42.6 Å². The number of rotatable bonds is 7. The Balaban J connectivity index is 1.25. The Kier molecular flexibility index (Phi) is 7.88. The molecule has 0 bridgehead atoms. The van der Waals surface area contributed by atoms with Gasteiger partial charge < -0.3 is 29.9 Å². The molecule has 3 aliphatic heterocycles. The van der Waals surface area contributed by atoms with Gasteiger partial charge in [-0.05, 0) is 43.9 Å². The first-order chi connectivity index (χ1) is 21.2. The Morgan fingerprint density at radius 3 is 2.70 bits per heavy atom. The number of piperazine rings is 1. The molecule has 0 spiro atoms. The SMILES string of the molecule is COc1c(N2CCNC(C)C2)ccc(Nc2ncc(C(F)(F)F)c(-c3cc4c(s3)C(=O)N(C3COC3)CCS4)n2)c1C1CC1. The topological polar surface area (TPSA) is 91.9 Å². The van der Waals surface area contributed by atoms with Gasteiger partial charge in [0.2, 0.25) is 5.95 Å². The Labute approximate surface area is 261 Å². The normalized spacial score (nSPS) is 21.1. The maximum absolute atomic E-state index is 14.2. The van der Waals surface area contributed by atoms with Crippen LogP contribution in [0.2, 0.25) is 0 Å². The van der Waals surface area contributed by atoms with E-state index in [2.05, 4.69) is 32.4 Å². The van der Waals surface area contributed by atoms with Crippen LogP contribution in [0, 0.1) is 0 Å². The molecule has 234 valence electrons. The standard InChI is InChI=1S/C30H33F3N6O3S2/c1-16-13-38(8-7-34-16)21-6-5-20(24(17-3-4-17)26(21)41-2)36-29-35-12-19(30(31,32)33)25(37-29)22-11-23-27(44-22)28(40)39(9-10-43-23)18-14-42-15-18/h5-6,11-12,16-18,34H,3-4,7-10,13-15H2,1-2H3,(H,35,36,37). The molecule has 7 rings (SSSR count). The number of aromatic nitrogens is 2. The molecule has 1 atom stereocenters. The predicted molar refractivity (Wildman–Crippen MR) is 165 cm³/mol. The minimum atomic E-state index is -4.67. The Bertz CT molecular complexity index is 1580. The minimum Gasteiger partial charge on any atom is -0.494 e. The Hall–Kier alpha value is -3.07. The summed E-state index contributed by atoms with van der Waals surface area (Å²) in [6, 6.07) is 5.94. The number of nitrogens with zero attached hydrogens (tertiary/aromatic N) is 4. The van der Waals surface area contributed by atoms with Gasteiger partial charge in [0.15, 0.2) is 0 Å². The maximum atomic E-state index is 14.2. The summed E-state index contributed by atoms with van der Waals surface area (Å²) < 4.78 is 54.0. The summed E-state index contributed by atoms with van der Waals surface area (Å²) in [4.78, 5) is 27.4. The number of fused-ring (bicyclic) bond motifs is 1. The predicted octanol–water partition coefficient (Wildman–Crippen LogP) is 5.60. The molecule has 1 saturated carbocycles. The van der Waals surface area contributed by atoms with E-state index in [1.165, 1.54) is 11.8 Å². The van der Waals surface area contributed by atoms with Crippen LogP contribution in [-0.2, 0) is 10.9 Å². The number of carbonyl (C=O) groups is 1. The lowest BCUT2D eigenvalue weighted by molar-refractivity contribution is -0.137. The third-order valence-electron chi connectivity index (χ3n) is 8.45. The van der Waals surface area contributed by atoms with Crippen LogP contribution < -0.4 is 20.3 Å². The van der Waals surface area contributed by atoms with E-state index in [-0.39, 0.29) is 34.4 Å². The van der Waals surface area contributed by atoms with Crippen LogP contribution >= 0.6 is 23.1 Å². The second-order valence-electron chi connectivity index (χ2n) is 11.6. The summed E-state index contributed by atoms with van der Waals surface area (Å²) in [7, 11) is 1.66. The fraction of sp³-hybridized carbons (Fsp3) is 0.500. The fourth-order valence-electron chi connectivity index (χ4n) is 6.03. The van der Waals surface area contributed by atoms with Gasteiger partial charge in [0, 0.05) is 60.3 Å². The van der Waals surface area contributed by atoms with Crippen molar-refractivity contribution in [2.45, 2.75) is 48.8 Å². The van der Waals surface area contributed by atoms with Gasteiger partial charge in [-0.15, -0.1) is 23.1 Å².